The van der Waals surface area contributed by atoms with Gasteiger partial charge in [-0.25, -0.2) is 4.98 Å². The van der Waals surface area contributed by atoms with Gasteiger partial charge in [-0.2, -0.15) is 0 Å². The molecule has 19 heavy (non-hydrogen) atoms. The van der Waals surface area contributed by atoms with E-state index >= 15 is 0 Å². The smallest absolute Gasteiger partial charge is 0.233 e. The number of carbonyl (C=O) groups is 1. The van der Waals surface area contributed by atoms with E-state index in [9.17, 15) is 4.79 Å². The first-order chi connectivity index (χ1) is 9.16. The molecule has 0 spiro atoms. The van der Waals surface area contributed by atoms with Crippen LogP contribution in [0.5, 0.6) is 0 Å². The van der Waals surface area contributed by atoms with Gasteiger partial charge in [0.15, 0.2) is 5.16 Å². The molecule has 1 N–H and O–H groups in total. The van der Waals surface area contributed by atoms with Crippen molar-refractivity contribution in [3.05, 3.63) is 42.5 Å². The van der Waals surface area contributed by atoms with E-state index in [2.05, 4.69) is 15.3 Å². The fourth-order valence-corrected chi connectivity index (χ4v) is 2.37. The van der Waals surface area contributed by atoms with Gasteiger partial charge in [0.25, 0.3) is 0 Å². The highest BCUT2D eigenvalue weighted by molar-refractivity contribution is 8.00. The molecule has 0 aromatic carbocycles. The van der Waals surface area contributed by atoms with Gasteiger partial charge in [0.2, 0.25) is 5.91 Å². The molecule has 0 fully saturated rings. The number of thioether (sulfide) groups is 1. The zero-order valence-electron chi connectivity index (χ0n) is 10.9. The molecular weight excluding hydrogens is 260 g/mol. The molecule has 2 heterocycles. The largest absolute Gasteiger partial charge is 0.351 e. The second kappa shape index (κ2) is 6.38. The Labute approximate surface area is 116 Å². The Morgan fingerprint density at radius 3 is 3.00 bits per heavy atom. The van der Waals surface area contributed by atoms with E-state index in [1.165, 1.54) is 11.8 Å². The highest BCUT2D eigenvalue weighted by atomic mass is 32.2. The third-order valence-electron chi connectivity index (χ3n) is 2.62. The zero-order valence-corrected chi connectivity index (χ0v) is 11.7. The Hall–Kier alpha value is -1.82. The van der Waals surface area contributed by atoms with Gasteiger partial charge in [-0.15, -0.1) is 0 Å². The number of carbonyl (C=O) groups excluding carboxylic acids is 1. The molecule has 100 valence electrons. The Bertz CT molecular complexity index is 541. The fraction of sp³-hybridized carbons (Fsp3) is 0.308. The van der Waals surface area contributed by atoms with Crippen molar-refractivity contribution >= 4 is 17.7 Å². The lowest BCUT2D eigenvalue weighted by molar-refractivity contribution is -0.120. The maximum atomic E-state index is 12.0. The SMILES string of the molecule is CC(Sc1nccn1C)C(=O)NCc1cccnc1. The van der Waals surface area contributed by atoms with E-state index in [4.69, 9.17) is 0 Å². The minimum atomic E-state index is -0.183. The van der Waals surface area contributed by atoms with Gasteiger partial charge in [0, 0.05) is 38.4 Å². The topological polar surface area (TPSA) is 59.8 Å². The maximum Gasteiger partial charge on any atom is 0.233 e. The second-order valence-corrected chi connectivity index (χ2v) is 5.47. The minimum absolute atomic E-state index is 0.00291. The van der Waals surface area contributed by atoms with Crippen LogP contribution in [0.1, 0.15) is 12.5 Å². The van der Waals surface area contributed by atoms with Gasteiger partial charge in [0.1, 0.15) is 0 Å². The number of aryl methyl sites for hydroxylation is 1. The number of pyridine rings is 1. The predicted octanol–water partition coefficient (Wildman–Crippen LogP) is 1.61. The van der Waals surface area contributed by atoms with Crippen LogP contribution in [-0.2, 0) is 18.4 Å². The van der Waals surface area contributed by atoms with E-state index in [-0.39, 0.29) is 11.2 Å². The number of aromatic nitrogens is 3. The van der Waals surface area contributed by atoms with Crippen LogP contribution in [-0.4, -0.2) is 25.7 Å². The van der Waals surface area contributed by atoms with Gasteiger partial charge in [-0.05, 0) is 18.6 Å². The van der Waals surface area contributed by atoms with Crippen LogP contribution in [0.4, 0.5) is 0 Å². The van der Waals surface area contributed by atoms with Crippen LogP contribution >= 0.6 is 11.8 Å². The lowest BCUT2D eigenvalue weighted by Gasteiger charge is -2.11. The Balaban J connectivity index is 1.84. The summed E-state index contributed by atoms with van der Waals surface area (Å²) in [6, 6.07) is 3.79. The lowest BCUT2D eigenvalue weighted by atomic mass is 10.3. The summed E-state index contributed by atoms with van der Waals surface area (Å²) in [6.45, 7) is 2.37. The average Bonchev–Trinajstić information content (AvgIpc) is 2.82. The van der Waals surface area contributed by atoms with Crippen molar-refractivity contribution in [1.82, 2.24) is 19.9 Å². The highest BCUT2D eigenvalue weighted by Crippen LogP contribution is 2.20. The first-order valence-electron chi connectivity index (χ1n) is 5.97. The Morgan fingerprint density at radius 1 is 1.53 bits per heavy atom. The van der Waals surface area contributed by atoms with Crippen molar-refractivity contribution in [1.29, 1.82) is 0 Å². The summed E-state index contributed by atoms with van der Waals surface area (Å²) in [7, 11) is 1.91. The van der Waals surface area contributed by atoms with Crippen molar-refractivity contribution in [3.8, 4) is 0 Å². The zero-order chi connectivity index (χ0) is 13.7. The molecule has 6 heteroatoms. The van der Waals surface area contributed by atoms with Crippen LogP contribution in [0.15, 0.2) is 42.1 Å². The minimum Gasteiger partial charge on any atom is -0.351 e. The van der Waals surface area contributed by atoms with Gasteiger partial charge in [-0.1, -0.05) is 17.8 Å². The molecule has 1 amide bonds. The van der Waals surface area contributed by atoms with Crippen molar-refractivity contribution in [2.75, 3.05) is 0 Å². The van der Waals surface area contributed by atoms with Gasteiger partial charge < -0.3 is 9.88 Å². The van der Waals surface area contributed by atoms with E-state index in [1.807, 2.05) is 36.9 Å². The molecule has 2 aromatic heterocycles. The summed E-state index contributed by atoms with van der Waals surface area (Å²) in [5, 5.41) is 3.55. The van der Waals surface area contributed by atoms with Crippen molar-refractivity contribution in [2.24, 2.45) is 7.05 Å². The van der Waals surface area contributed by atoms with Gasteiger partial charge in [0.05, 0.1) is 5.25 Å². The Morgan fingerprint density at radius 2 is 2.37 bits per heavy atom. The maximum absolute atomic E-state index is 12.0. The molecular formula is C13H16N4OS. The molecule has 2 rings (SSSR count). The molecule has 0 aliphatic carbocycles. The summed E-state index contributed by atoms with van der Waals surface area (Å²) in [4.78, 5) is 20.2. The molecule has 0 saturated carbocycles. The van der Waals surface area contributed by atoms with Gasteiger partial charge >= 0.3 is 0 Å². The molecule has 1 atom stereocenters. The quantitative estimate of drug-likeness (QED) is 0.843. The third kappa shape index (κ3) is 3.82. The fourth-order valence-electron chi connectivity index (χ4n) is 1.51. The standard InChI is InChI=1S/C13H16N4OS/c1-10(19-13-15-6-7-17(13)2)12(18)16-9-11-4-3-5-14-8-11/h3-8,10H,9H2,1-2H3,(H,16,18). The molecule has 0 saturated heterocycles. The van der Waals surface area contributed by atoms with Crippen LogP contribution in [0.25, 0.3) is 0 Å². The highest BCUT2D eigenvalue weighted by Gasteiger charge is 2.16. The van der Waals surface area contributed by atoms with Gasteiger partial charge in [-0.3, -0.25) is 9.78 Å². The van der Waals surface area contributed by atoms with E-state index < -0.39 is 0 Å². The van der Waals surface area contributed by atoms with Crippen LogP contribution < -0.4 is 5.32 Å². The number of nitrogens with zero attached hydrogens (tertiary/aromatic N) is 3. The number of amides is 1. The molecule has 0 aliphatic heterocycles. The summed E-state index contributed by atoms with van der Waals surface area (Å²) >= 11 is 1.44. The number of hydrogen-bond donors (Lipinski definition) is 1. The van der Waals surface area contributed by atoms with Crippen molar-refractivity contribution in [2.45, 2.75) is 23.9 Å². The van der Waals surface area contributed by atoms with Crippen molar-refractivity contribution in [3.63, 3.8) is 0 Å². The van der Waals surface area contributed by atoms with E-state index in [1.54, 1.807) is 18.6 Å². The summed E-state index contributed by atoms with van der Waals surface area (Å²) < 4.78 is 1.90. The van der Waals surface area contributed by atoms with Crippen LogP contribution in [0.3, 0.4) is 0 Å². The number of nitrogens with one attached hydrogen (secondary N) is 1. The predicted molar refractivity (Wildman–Crippen MR) is 74.6 cm³/mol. The molecule has 1 unspecified atom stereocenters. The van der Waals surface area contributed by atoms with E-state index in [0.717, 1.165) is 10.7 Å². The summed E-state index contributed by atoms with van der Waals surface area (Å²) in [6.07, 6.45) is 7.05. The summed E-state index contributed by atoms with van der Waals surface area (Å²) in [5.41, 5.74) is 0.991. The first-order valence-corrected chi connectivity index (χ1v) is 6.85. The molecule has 5 nitrogen and oxygen atoms in total. The lowest BCUT2D eigenvalue weighted by Crippen LogP contribution is -2.30. The number of hydrogen-bond acceptors (Lipinski definition) is 4. The molecule has 0 bridgehead atoms. The van der Waals surface area contributed by atoms with Crippen LogP contribution in [0, 0.1) is 0 Å². The molecule has 0 radical (unpaired) electrons. The number of rotatable bonds is 5. The van der Waals surface area contributed by atoms with Crippen molar-refractivity contribution < 1.29 is 4.79 Å². The molecule has 2 aromatic rings. The van der Waals surface area contributed by atoms with Crippen LogP contribution in [0.2, 0.25) is 0 Å². The monoisotopic (exact) mass is 276 g/mol. The second-order valence-electron chi connectivity index (χ2n) is 4.16. The average molecular weight is 276 g/mol. The third-order valence-corrected chi connectivity index (χ3v) is 3.79. The normalized spacial score (nSPS) is 12.1. The van der Waals surface area contributed by atoms with E-state index in [0.29, 0.717) is 6.54 Å². The number of imidazole rings is 1. The molecule has 0 aliphatic rings. The summed E-state index contributed by atoms with van der Waals surface area (Å²) in [5.74, 6) is -0.00291. The Kier molecular flexibility index (Phi) is 4.57. The first kappa shape index (κ1) is 13.6.